The Balaban J connectivity index is 2.57. The highest BCUT2D eigenvalue weighted by molar-refractivity contribution is 9.10. The standard InChI is InChI=1S/C10H10BrN3/c1-7-9(11)3-2-4-10(7)14-6-8(12)5-13-14/h2-6H,12H2,1H3. The minimum Gasteiger partial charge on any atom is -0.396 e. The summed E-state index contributed by atoms with van der Waals surface area (Å²) in [4.78, 5) is 0. The molecule has 2 rings (SSSR count). The highest BCUT2D eigenvalue weighted by Gasteiger charge is 2.04. The van der Waals surface area contributed by atoms with E-state index in [1.165, 1.54) is 0 Å². The topological polar surface area (TPSA) is 43.8 Å². The van der Waals surface area contributed by atoms with E-state index in [1.54, 1.807) is 17.1 Å². The Bertz CT molecular complexity index is 462. The Morgan fingerprint density at radius 3 is 2.86 bits per heavy atom. The molecule has 0 atom stereocenters. The van der Waals surface area contributed by atoms with Crippen molar-refractivity contribution in [3.8, 4) is 5.69 Å². The molecular weight excluding hydrogens is 242 g/mol. The van der Waals surface area contributed by atoms with Crippen LogP contribution in [0, 0.1) is 6.92 Å². The number of nitrogen functional groups attached to an aromatic ring is 1. The van der Waals surface area contributed by atoms with E-state index >= 15 is 0 Å². The molecule has 1 aromatic carbocycles. The maximum Gasteiger partial charge on any atom is 0.0724 e. The summed E-state index contributed by atoms with van der Waals surface area (Å²) in [6.45, 7) is 2.04. The first-order valence-corrected chi connectivity index (χ1v) is 5.03. The number of hydrogen-bond donors (Lipinski definition) is 1. The first-order chi connectivity index (χ1) is 6.68. The first-order valence-electron chi connectivity index (χ1n) is 4.24. The largest absolute Gasteiger partial charge is 0.396 e. The van der Waals surface area contributed by atoms with Gasteiger partial charge < -0.3 is 5.73 Å². The predicted molar refractivity (Wildman–Crippen MR) is 60.4 cm³/mol. The van der Waals surface area contributed by atoms with Crippen LogP contribution in [0.3, 0.4) is 0 Å². The van der Waals surface area contributed by atoms with Crippen molar-refractivity contribution in [2.75, 3.05) is 5.73 Å². The van der Waals surface area contributed by atoms with Gasteiger partial charge in [0.05, 0.1) is 23.8 Å². The fraction of sp³-hybridized carbons (Fsp3) is 0.100. The molecule has 3 nitrogen and oxygen atoms in total. The van der Waals surface area contributed by atoms with Gasteiger partial charge in [0, 0.05) is 4.47 Å². The Kier molecular flexibility index (Phi) is 2.29. The third-order valence-corrected chi connectivity index (χ3v) is 2.95. The molecule has 1 aromatic heterocycles. The first kappa shape index (κ1) is 9.27. The number of anilines is 1. The molecule has 14 heavy (non-hydrogen) atoms. The number of rotatable bonds is 1. The van der Waals surface area contributed by atoms with Gasteiger partial charge in [0.25, 0.3) is 0 Å². The van der Waals surface area contributed by atoms with Crippen molar-refractivity contribution in [1.82, 2.24) is 9.78 Å². The van der Waals surface area contributed by atoms with Crippen molar-refractivity contribution >= 4 is 21.6 Å². The minimum absolute atomic E-state index is 0.671. The fourth-order valence-corrected chi connectivity index (χ4v) is 1.67. The molecule has 0 aliphatic rings. The fourth-order valence-electron chi connectivity index (χ4n) is 1.31. The minimum atomic E-state index is 0.671. The van der Waals surface area contributed by atoms with E-state index in [1.807, 2.05) is 25.1 Å². The molecule has 0 fully saturated rings. The molecule has 0 amide bonds. The lowest BCUT2D eigenvalue weighted by molar-refractivity contribution is 0.871. The monoisotopic (exact) mass is 251 g/mol. The molecule has 0 aliphatic carbocycles. The summed E-state index contributed by atoms with van der Waals surface area (Å²) in [5.41, 5.74) is 8.47. The zero-order chi connectivity index (χ0) is 10.1. The highest BCUT2D eigenvalue weighted by atomic mass is 79.9. The second-order valence-corrected chi connectivity index (χ2v) is 3.96. The number of nitrogens with two attached hydrogens (primary N) is 1. The zero-order valence-electron chi connectivity index (χ0n) is 7.74. The van der Waals surface area contributed by atoms with Gasteiger partial charge in [-0.25, -0.2) is 4.68 Å². The number of halogens is 1. The number of hydrogen-bond acceptors (Lipinski definition) is 2. The Labute approximate surface area is 90.7 Å². The van der Waals surface area contributed by atoms with Gasteiger partial charge in [0.2, 0.25) is 0 Å². The summed E-state index contributed by atoms with van der Waals surface area (Å²) in [5, 5.41) is 4.16. The average molecular weight is 252 g/mol. The van der Waals surface area contributed by atoms with Gasteiger partial charge in [0.1, 0.15) is 0 Å². The molecule has 0 saturated heterocycles. The maximum atomic E-state index is 5.61. The van der Waals surface area contributed by atoms with Crippen LogP contribution in [0.5, 0.6) is 0 Å². The van der Waals surface area contributed by atoms with Crippen molar-refractivity contribution < 1.29 is 0 Å². The summed E-state index contributed by atoms with van der Waals surface area (Å²) in [5.74, 6) is 0. The van der Waals surface area contributed by atoms with Crippen LogP contribution in [0.15, 0.2) is 35.1 Å². The molecular formula is C10H10BrN3. The molecule has 0 spiro atoms. The molecule has 1 heterocycles. The normalized spacial score (nSPS) is 10.4. The summed E-state index contributed by atoms with van der Waals surface area (Å²) in [7, 11) is 0. The van der Waals surface area contributed by atoms with E-state index in [2.05, 4.69) is 21.0 Å². The van der Waals surface area contributed by atoms with Crippen molar-refractivity contribution in [2.45, 2.75) is 6.92 Å². The lowest BCUT2D eigenvalue weighted by atomic mass is 10.2. The van der Waals surface area contributed by atoms with E-state index in [-0.39, 0.29) is 0 Å². The van der Waals surface area contributed by atoms with Gasteiger partial charge in [-0.1, -0.05) is 22.0 Å². The number of aromatic nitrogens is 2. The molecule has 0 unspecified atom stereocenters. The summed E-state index contributed by atoms with van der Waals surface area (Å²) >= 11 is 3.48. The lowest BCUT2D eigenvalue weighted by Crippen LogP contribution is -1.97. The van der Waals surface area contributed by atoms with E-state index in [0.29, 0.717) is 5.69 Å². The Morgan fingerprint density at radius 2 is 2.21 bits per heavy atom. The molecule has 0 bridgehead atoms. The highest BCUT2D eigenvalue weighted by Crippen LogP contribution is 2.22. The molecule has 72 valence electrons. The summed E-state index contributed by atoms with van der Waals surface area (Å²) in [6, 6.07) is 5.99. The Hall–Kier alpha value is -1.29. The molecule has 2 aromatic rings. The Morgan fingerprint density at radius 1 is 1.43 bits per heavy atom. The van der Waals surface area contributed by atoms with Gasteiger partial charge >= 0.3 is 0 Å². The van der Waals surface area contributed by atoms with Gasteiger partial charge in [-0.3, -0.25) is 0 Å². The SMILES string of the molecule is Cc1c(Br)cccc1-n1cc(N)cn1. The van der Waals surface area contributed by atoms with Gasteiger partial charge in [-0.05, 0) is 24.6 Å². The lowest BCUT2D eigenvalue weighted by Gasteiger charge is -2.06. The zero-order valence-corrected chi connectivity index (χ0v) is 9.32. The molecule has 2 N–H and O–H groups in total. The van der Waals surface area contributed by atoms with E-state index < -0.39 is 0 Å². The van der Waals surface area contributed by atoms with Crippen molar-refractivity contribution in [3.05, 3.63) is 40.6 Å². The van der Waals surface area contributed by atoms with E-state index in [9.17, 15) is 0 Å². The summed E-state index contributed by atoms with van der Waals surface area (Å²) in [6.07, 6.45) is 3.44. The predicted octanol–water partition coefficient (Wildman–Crippen LogP) is 2.53. The van der Waals surface area contributed by atoms with Crippen LogP contribution in [0.2, 0.25) is 0 Å². The quantitative estimate of drug-likeness (QED) is 0.847. The average Bonchev–Trinajstić information content (AvgIpc) is 2.57. The van der Waals surface area contributed by atoms with Crippen molar-refractivity contribution in [3.63, 3.8) is 0 Å². The summed E-state index contributed by atoms with van der Waals surface area (Å²) < 4.78 is 2.85. The smallest absolute Gasteiger partial charge is 0.0724 e. The van der Waals surface area contributed by atoms with Crippen molar-refractivity contribution in [2.24, 2.45) is 0 Å². The number of nitrogens with zero attached hydrogens (tertiary/aromatic N) is 2. The van der Waals surface area contributed by atoms with E-state index in [4.69, 9.17) is 5.73 Å². The van der Waals surface area contributed by atoms with Crippen LogP contribution in [0.1, 0.15) is 5.56 Å². The second-order valence-electron chi connectivity index (χ2n) is 3.10. The van der Waals surface area contributed by atoms with Gasteiger partial charge in [-0.15, -0.1) is 0 Å². The van der Waals surface area contributed by atoms with Crippen LogP contribution >= 0.6 is 15.9 Å². The third-order valence-electron chi connectivity index (χ3n) is 2.09. The molecule has 0 saturated carbocycles. The molecule has 4 heteroatoms. The van der Waals surface area contributed by atoms with Gasteiger partial charge in [0.15, 0.2) is 0 Å². The van der Waals surface area contributed by atoms with Crippen LogP contribution < -0.4 is 5.73 Å². The van der Waals surface area contributed by atoms with Crippen LogP contribution in [0.4, 0.5) is 5.69 Å². The van der Waals surface area contributed by atoms with Crippen LogP contribution in [0.25, 0.3) is 5.69 Å². The molecule has 0 radical (unpaired) electrons. The van der Waals surface area contributed by atoms with Gasteiger partial charge in [-0.2, -0.15) is 5.10 Å². The van der Waals surface area contributed by atoms with E-state index in [0.717, 1.165) is 15.7 Å². The maximum absolute atomic E-state index is 5.61. The number of benzene rings is 1. The van der Waals surface area contributed by atoms with Crippen LogP contribution in [-0.4, -0.2) is 9.78 Å². The third kappa shape index (κ3) is 1.53. The second kappa shape index (κ2) is 3.46. The van der Waals surface area contributed by atoms with Crippen LogP contribution in [-0.2, 0) is 0 Å². The van der Waals surface area contributed by atoms with Crippen molar-refractivity contribution in [1.29, 1.82) is 0 Å². The molecule has 0 aliphatic heterocycles.